The second kappa shape index (κ2) is 17.9. The summed E-state index contributed by atoms with van der Waals surface area (Å²) >= 11 is 0. The summed E-state index contributed by atoms with van der Waals surface area (Å²) in [7, 11) is 0. The van der Waals surface area contributed by atoms with Gasteiger partial charge in [0.15, 0.2) is 5.78 Å². The van der Waals surface area contributed by atoms with Gasteiger partial charge in [-0.1, -0.05) is 75.8 Å². The molecular formula is C27H48N4O2. The van der Waals surface area contributed by atoms with E-state index in [2.05, 4.69) is 10.3 Å². The molecule has 188 valence electrons. The zero-order valence-electron chi connectivity index (χ0n) is 20.9. The van der Waals surface area contributed by atoms with E-state index in [1.807, 2.05) is 6.20 Å². The molecule has 0 aliphatic heterocycles. The number of carbonyl (C=O) groups excluding carboxylic acids is 2. The average molecular weight is 461 g/mol. The van der Waals surface area contributed by atoms with Gasteiger partial charge in [-0.05, 0) is 51.5 Å². The Kier molecular flexibility index (Phi) is 15.0. The predicted molar refractivity (Wildman–Crippen MR) is 134 cm³/mol. The maximum Gasteiger partial charge on any atom is 0.154 e. The Morgan fingerprint density at radius 2 is 1.42 bits per heavy atom. The Bertz CT molecular complexity index is 652. The van der Waals surface area contributed by atoms with Crippen molar-refractivity contribution in [1.82, 2.24) is 15.0 Å². The molecule has 1 aliphatic carbocycles. The summed E-state index contributed by atoms with van der Waals surface area (Å²) in [6, 6.07) is 0. The lowest BCUT2D eigenvalue weighted by atomic mass is 9.84. The minimum absolute atomic E-state index is 0.248. The summed E-state index contributed by atoms with van der Waals surface area (Å²) in [5, 5.41) is 8.26. The minimum atomic E-state index is 0.248. The van der Waals surface area contributed by atoms with Crippen molar-refractivity contribution in [3.05, 3.63) is 11.9 Å². The Balaban J connectivity index is 1.37. The molecule has 1 heterocycles. The van der Waals surface area contributed by atoms with Crippen molar-refractivity contribution < 1.29 is 9.59 Å². The van der Waals surface area contributed by atoms with Gasteiger partial charge in [-0.2, -0.15) is 0 Å². The van der Waals surface area contributed by atoms with Crippen molar-refractivity contribution >= 4 is 11.6 Å². The maximum absolute atomic E-state index is 12.2. The summed E-state index contributed by atoms with van der Waals surface area (Å²) in [6.07, 6.45) is 24.3. The van der Waals surface area contributed by atoms with E-state index in [0.29, 0.717) is 24.7 Å². The number of nitrogens with zero attached hydrogens (tertiary/aromatic N) is 3. The number of hydrogen-bond donors (Lipinski definition) is 1. The summed E-state index contributed by atoms with van der Waals surface area (Å²) in [5.41, 5.74) is 6.48. The number of nitrogens with two attached hydrogens (primary N) is 1. The highest BCUT2D eigenvalue weighted by atomic mass is 16.1. The van der Waals surface area contributed by atoms with E-state index >= 15 is 0 Å². The number of rotatable bonds is 20. The van der Waals surface area contributed by atoms with E-state index in [1.54, 1.807) is 4.68 Å². The van der Waals surface area contributed by atoms with Crippen molar-refractivity contribution in [3.63, 3.8) is 0 Å². The molecule has 2 N–H and O–H groups in total. The van der Waals surface area contributed by atoms with Crippen LogP contribution in [0.3, 0.4) is 0 Å². The third-order valence-electron chi connectivity index (χ3n) is 7.00. The second-order valence-corrected chi connectivity index (χ2v) is 10.0. The van der Waals surface area contributed by atoms with Crippen molar-refractivity contribution in [3.8, 4) is 0 Å². The van der Waals surface area contributed by atoms with E-state index in [4.69, 9.17) is 5.73 Å². The lowest BCUT2D eigenvalue weighted by Gasteiger charge is -2.20. The van der Waals surface area contributed by atoms with Crippen LogP contribution in [0.2, 0.25) is 0 Å². The molecule has 0 spiro atoms. The number of aryl methyl sites for hydroxylation is 1. The van der Waals surface area contributed by atoms with Crippen LogP contribution < -0.4 is 5.73 Å². The normalized spacial score (nSPS) is 14.6. The fraction of sp³-hybridized carbons (Fsp3) is 0.852. The Morgan fingerprint density at radius 3 is 2.09 bits per heavy atom. The average Bonchev–Trinajstić information content (AvgIpc) is 3.27. The molecule has 6 heteroatoms. The second-order valence-electron chi connectivity index (χ2n) is 10.0. The van der Waals surface area contributed by atoms with Crippen LogP contribution in [0.15, 0.2) is 6.20 Å². The number of unbranched alkanes of at least 4 members (excludes halogenated alkanes) is 10. The summed E-state index contributed by atoms with van der Waals surface area (Å²) < 4.78 is 1.68. The number of aromatic nitrogens is 3. The van der Waals surface area contributed by atoms with Gasteiger partial charge in [-0.3, -0.25) is 9.59 Å². The molecule has 0 amide bonds. The quantitative estimate of drug-likeness (QED) is 0.242. The van der Waals surface area contributed by atoms with Crippen LogP contribution in [0, 0.1) is 5.92 Å². The Morgan fingerprint density at radius 1 is 0.818 bits per heavy atom. The molecule has 1 aromatic heterocycles. The smallest absolute Gasteiger partial charge is 0.154 e. The molecule has 0 atom stereocenters. The number of hydrogen-bond acceptors (Lipinski definition) is 5. The highest BCUT2D eigenvalue weighted by Gasteiger charge is 2.20. The molecule has 1 saturated carbocycles. The lowest BCUT2D eigenvalue weighted by Crippen LogP contribution is -2.17. The molecule has 6 nitrogen and oxygen atoms in total. The van der Waals surface area contributed by atoms with Crippen LogP contribution in [-0.2, 0) is 22.6 Å². The Labute approximate surface area is 201 Å². The molecule has 1 aliphatic rings. The fourth-order valence-electron chi connectivity index (χ4n) is 4.90. The van der Waals surface area contributed by atoms with E-state index in [9.17, 15) is 9.59 Å². The highest BCUT2D eigenvalue weighted by Crippen LogP contribution is 2.26. The van der Waals surface area contributed by atoms with Gasteiger partial charge in [0.1, 0.15) is 12.3 Å². The molecule has 0 aromatic carbocycles. The van der Waals surface area contributed by atoms with Gasteiger partial charge in [0.05, 0.1) is 5.69 Å². The molecule has 1 aromatic rings. The zero-order valence-corrected chi connectivity index (χ0v) is 20.9. The summed E-state index contributed by atoms with van der Waals surface area (Å²) in [4.78, 5) is 24.4. The largest absolute Gasteiger partial charge is 0.330 e. The van der Waals surface area contributed by atoms with Crippen LogP contribution in [-0.4, -0.2) is 33.1 Å². The molecule has 0 unspecified atom stereocenters. The molecule has 0 radical (unpaired) electrons. The molecule has 1 fully saturated rings. The van der Waals surface area contributed by atoms with E-state index in [-0.39, 0.29) is 5.78 Å². The first-order chi connectivity index (χ1) is 16.2. The van der Waals surface area contributed by atoms with E-state index in [0.717, 1.165) is 76.4 Å². The van der Waals surface area contributed by atoms with Crippen LogP contribution in [0.1, 0.15) is 128 Å². The zero-order chi connectivity index (χ0) is 23.6. The minimum Gasteiger partial charge on any atom is -0.330 e. The van der Waals surface area contributed by atoms with Crippen LogP contribution in [0.25, 0.3) is 0 Å². The number of Topliss-reactive ketones (excluding diaryl/α,β-unsaturated/α-hetero) is 2. The molecular weight excluding hydrogens is 412 g/mol. The molecule has 2 rings (SSSR count). The first kappa shape index (κ1) is 27.7. The third-order valence-corrected chi connectivity index (χ3v) is 7.00. The van der Waals surface area contributed by atoms with Crippen molar-refractivity contribution in [2.24, 2.45) is 11.7 Å². The van der Waals surface area contributed by atoms with E-state index < -0.39 is 0 Å². The lowest BCUT2D eigenvalue weighted by molar-refractivity contribution is -0.124. The van der Waals surface area contributed by atoms with Crippen LogP contribution in [0.4, 0.5) is 0 Å². The SMILES string of the molecule is NCCCCCc1cn(CC(=O)CCCCCCCCCCCC(=O)C2CCCCC2)nn1. The predicted octanol–water partition coefficient (Wildman–Crippen LogP) is 5.96. The van der Waals surface area contributed by atoms with Crippen LogP contribution in [0.5, 0.6) is 0 Å². The fourth-order valence-corrected chi connectivity index (χ4v) is 4.90. The van der Waals surface area contributed by atoms with Gasteiger partial charge in [0.2, 0.25) is 0 Å². The monoisotopic (exact) mass is 460 g/mol. The third kappa shape index (κ3) is 13.0. The molecule has 0 saturated heterocycles. The first-order valence-corrected chi connectivity index (χ1v) is 13.8. The summed E-state index contributed by atoms with van der Waals surface area (Å²) in [5.74, 6) is 1.17. The van der Waals surface area contributed by atoms with Gasteiger partial charge in [0.25, 0.3) is 0 Å². The van der Waals surface area contributed by atoms with Gasteiger partial charge in [0, 0.05) is 25.0 Å². The van der Waals surface area contributed by atoms with E-state index in [1.165, 1.54) is 57.8 Å². The van der Waals surface area contributed by atoms with Gasteiger partial charge >= 0.3 is 0 Å². The van der Waals surface area contributed by atoms with Crippen molar-refractivity contribution in [2.75, 3.05) is 6.54 Å². The number of ketones is 2. The van der Waals surface area contributed by atoms with Gasteiger partial charge < -0.3 is 5.73 Å². The maximum atomic E-state index is 12.2. The highest BCUT2D eigenvalue weighted by molar-refractivity contribution is 5.81. The first-order valence-electron chi connectivity index (χ1n) is 13.8. The standard InChI is InChI=1S/C27H48N4O2/c28-21-15-9-12-18-25-22-31(30-29-25)23-26(32)19-13-6-4-2-1-3-5-7-14-20-27(33)24-16-10-8-11-17-24/h22,24H,1-21,23,28H2. The molecule has 0 bridgehead atoms. The van der Waals surface area contributed by atoms with Crippen molar-refractivity contribution in [1.29, 1.82) is 0 Å². The van der Waals surface area contributed by atoms with Gasteiger partial charge in [-0.25, -0.2) is 4.68 Å². The van der Waals surface area contributed by atoms with Gasteiger partial charge in [-0.15, -0.1) is 5.10 Å². The summed E-state index contributed by atoms with van der Waals surface area (Å²) in [6.45, 7) is 1.09. The van der Waals surface area contributed by atoms with Crippen LogP contribution >= 0.6 is 0 Å². The molecule has 33 heavy (non-hydrogen) atoms. The number of carbonyl (C=O) groups is 2. The Hall–Kier alpha value is -1.56. The van der Waals surface area contributed by atoms with Crippen molar-refractivity contribution in [2.45, 2.75) is 135 Å². The topological polar surface area (TPSA) is 90.9 Å².